The minimum atomic E-state index is -2.48. The number of pyridine rings is 2. The largest absolute Gasteiger partial charge is 0.512 e. The average molecular weight is 1040 g/mol. The third-order valence-electron chi connectivity index (χ3n) is 13.0. The van der Waals surface area contributed by atoms with Gasteiger partial charge in [-0.25, -0.2) is 8.78 Å². The number of aliphatic hydroxyl groups is 1. The molecule has 64 heavy (non-hydrogen) atoms. The Balaban J connectivity index is 0.000000185. The molecule has 2 aromatic heterocycles. The number of hydrogen-bond donors (Lipinski definition) is 1. The van der Waals surface area contributed by atoms with Gasteiger partial charge in [-0.05, 0) is 113 Å². The maximum absolute atomic E-state index is 12.2. The van der Waals surface area contributed by atoms with Crippen LogP contribution in [0.5, 0.6) is 0 Å². The quantitative estimate of drug-likeness (QED) is 0.0754. The van der Waals surface area contributed by atoms with Crippen LogP contribution in [0.15, 0.2) is 97.0 Å². The van der Waals surface area contributed by atoms with Gasteiger partial charge >= 0.3 is 0 Å². The van der Waals surface area contributed by atoms with Crippen LogP contribution in [0.2, 0.25) is 0 Å². The second-order valence-electron chi connectivity index (χ2n) is 17.9. The van der Waals surface area contributed by atoms with E-state index < -0.39 is 24.5 Å². The number of carbonyl (C=O) groups is 1. The standard InChI is InChI=1S/2C22H22N.C13H22F2O2.Ir/c2*1-15-11-16(2)13-20(12-15)22-21-8-7-18(17-5-3-4-6-17)14-19(21)9-10-23-22;1-4-9(5-2)11(16)8-12(17)10(6-3)7-13(14)15;/h2*7-12,14,17H,3-6H2,1-2H3;8-10,13,16H,4-7H2,1-3H3;/q2*-1;;/b;;11-8-;/i10D;;;. The van der Waals surface area contributed by atoms with E-state index in [1.54, 1.807) is 6.92 Å². The number of fused-ring (bicyclic) bond motifs is 2. The minimum absolute atomic E-state index is 0. The van der Waals surface area contributed by atoms with Crippen LogP contribution in [0, 0.1) is 51.7 Å². The molecule has 1 radical (unpaired) electrons. The fourth-order valence-electron chi connectivity index (χ4n) is 9.62. The summed E-state index contributed by atoms with van der Waals surface area (Å²) in [5.41, 5.74) is 11.7. The first kappa shape index (κ1) is 48.9. The summed E-state index contributed by atoms with van der Waals surface area (Å²) >= 11 is 0. The first-order valence-corrected chi connectivity index (χ1v) is 23.3. The summed E-state index contributed by atoms with van der Waals surface area (Å²) in [6.07, 6.45) is 13.0. The van der Waals surface area contributed by atoms with Crippen LogP contribution >= 0.6 is 0 Å². The SMILES string of the molecule is CCC(CC(F)F)C(=O)/C=C(\O)C(CC)CC.Cc1[c-]c(-c2nccc3cc(C4CCCC4)ccc23)cc(C)c1.[2H]c1cc2cc(C3CCCC3)ccc2c(-c2[c-]c(C)cc(C)c2)n1.[Ir]. The molecule has 2 aliphatic rings. The Morgan fingerprint density at radius 2 is 1.17 bits per heavy atom. The van der Waals surface area contributed by atoms with Crippen LogP contribution in [-0.4, -0.2) is 27.3 Å². The molecule has 1 unspecified atom stereocenters. The number of carbonyl (C=O) groups excluding carboxylic acids is 1. The number of alkyl halides is 2. The molecule has 6 aromatic rings. The monoisotopic (exact) mass is 1040 g/mol. The van der Waals surface area contributed by atoms with Crippen molar-refractivity contribution in [2.24, 2.45) is 11.8 Å². The smallest absolute Gasteiger partial charge is 0.239 e. The molecule has 1 atom stereocenters. The second-order valence-corrected chi connectivity index (χ2v) is 17.9. The first-order valence-electron chi connectivity index (χ1n) is 23.8. The summed E-state index contributed by atoms with van der Waals surface area (Å²) in [6, 6.07) is 33.1. The summed E-state index contributed by atoms with van der Waals surface area (Å²) in [4.78, 5) is 20.9. The van der Waals surface area contributed by atoms with E-state index >= 15 is 0 Å². The Morgan fingerprint density at radius 3 is 1.62 bits per heavy atom. The maximum atomic E-state index is 12.2. The van der Waals surface area contributed by atoms with E-state index in [0.717, 1.165) is 63.7 Å². The van der Waals surface area contributed by atoms with E-state index in [1.165, 1.54) is 90.0 Å². The van der Waals surface area contributed by atoms with Crippen LogP contribution in [0.4, 0.5) is 8.78 Å². The average Bonchev–Trinajstić information content (AvgIpc) is 4.01. The number of aryl methyl sites for hydroxylation is 4. The zero-order chi connectivity index (χ0) is 45.9. The van der Waals surface area contributed by atoms with Crippen molar-refractivity contribution in [3.05, 3.63) is 143 Å². The summed E-state index contributed by atoms with van der Waals surface area (Å²) in [7, 11) is 0. The number of allylic oxidation sites excluding steroid dienone is 2. The molecule has 2 fully saturated rings. The third kappa shape index (κ3) is 13.3. The Morgan fingerprint density at radius 1 is 0.703 bits per heavy atom. The van der Waals surface area contributed by atoms with Gasteiger partial charge in [0.05, 0.1) is 7.13 Å². The van der Waals surface area contributed by atoms with Gasteiger partial charge in [0, 0.05) is 56.8 Å². The van der Waals surface area contributed by atoms with Crippen LogP contribution < -0.4 is 0 Å². The van der Waals surface area contributed by atoms with Crippen LogP contribution in [0.3, 0.4) is 0 Å². The first-order chi connectivity index (χ1) is 30.8. The molecule has 4 nitrogen and oxygen atoms in total. The second kappa shape index (κ2) is 24.1. The Hall–Kier alpha value is -4.58. The van der Waals surface area contributed by atoms with Gasteiger partial charge in [-0.15, -0.1) is 69.8 Å². The van der Waals surface area contributed by atoms with Crippen molar-refractivity contribution in [2.45, 2.75) is 144 Å². The van der Waals surface area contributed by atoms with Crippen molar-refractivity contribution in [1.82, 2.24) is 9.97 Å². The van der Waals surface area contributed by atoms with Crippen LogP contribution in [0.1, 0.15) is 144 Å². The van der Waals surface area contributed by atoms with Crippen LogP contribution in [0.25, 0.3) is 44.1 Å². The molecule has 1 N–H and O–H groups in total. The maximum Gasteiger partial charge on any atom is 0.239 e. The summed E-state index contributed by atoms with van der Waals surface area (Å²) in [5, 5.41) is 14.5. The van der Waals surface area contributed by atoms with E-state index in [1.807, 2.05) is 26.1 Å². The molecule has 0 bridgehead atoms. The molecule has 0 spiro atoms. The molecule has 341 valence electrons. The fourth-order valence-corrected chi connectivity index (χ4v) is 9.62. The normalized spacial score (nSPS) is 15.1. The van der Waals surface area contributed by atoms with Gasteiger partial charge in [-0.2, -0.15) is 0 Å². The zero-order valence-corrected chi connectivity index (χ0v) is 41.2. The third-order valence-corrected chi connectivity index (χ3v) is 13.0. The predicted octanol–water partition coefficient (Wildman–Crippen LogP) is 16.1. The molecule has 0 saturated heterocycles. The fraction of sp³-hybridized carbons (Fsp3) is 0.421. The number of benzene rings is 4. The van der Waals surface area contributed by atoms with Crippen molar-refractivity contribution in [2.75, 3.05) is 0 Å². The van der Waals surface area contributed by atoms with E-state index in [4.69, 9.17) is 1.37 Å². The molecule has 2 saturated carbocycles. The molecule has 2 aliphatic carbocycles. The van der Waals surface area contributed by atoms with Crippen molar-refractivity contribution in [3.8, 4) is 22.5 Å². The van der Waals surface area contributed by atoms with Gasteiger partial charge in [0.1, 0.15) is 0 Å². The molecule has 2 heterocycles. The molecular formula is C57H66F2IrN2O2-2. The van der Waals surface area contributed by atoms with E-state index in [-0.39, 0.29) is 31.8 Å². The van der Waals surface area contributed by atoms with E-state index in [0.29, 0.717) is 18.5 Å². The van der Waals surface area contributed by atoms with Gasteiger partial charge in [0.2, 0.25) is 6.43 Å². The predicted molar refractivity (Wildman–Crippen MR) is 258 cm³/mol. The molecule has 4 aromatic carbocycles. The molecule has 7 heteroatoms. The van der Waals surface area contributed by atoms with Gasteiger partial charge < -0.3 is 15.1 Å². The Labute approximate surface area is 396 Å². The number of halogens is 2. The van der Waals surface area contributed by atoms with Crippen molar-refractivity contribution in [1.29, 1.82) is 0 Å². The molecule has 0 amide bonds. The van der Waals surface area contributed by atoms with Crippen molar-refractivity contribution < 1.29 is 40.2 Å². The topological polar surface area (TPSA) is 63.1 Å². The Kier molecular flexibility index (Phi) is 18.4. The number of rotatable bonds is 12. The number of nitrogens with zero attached hydrogens (tertiary/aromatic N) is 2. The van der Waals surface area contributed by atoms with Gasteiger partial charge in [-0.3, -0.25) is 4.79 Å². The summed E-state index contributed by atoms with van der Waals surface area (Å²) in [6.45, 7) is 13.9. The van der Waals surface area contributed by atoms with Crippen LogP contribution in [-0.2, 0) is 24.9 Å². The zero-order valence-electron chi connectivity index (χ0n) is 39.8. The number of aromatic nitrogens is 2. The van der Waals surface area contributed by atoms with Gasteiger partial charge in [0.15, 0.2) is 5.78 Å². The van der Waals surface area contributed by atoms with Gasteiger partial charge in [0.25, 0.3) is 0 Å². The molecule has 8 rings (SSSR count). The molecular weight excluding hydrogens is 975 g/mol. The minimum Gasteiger partial charge on any atom is -0.512 e. The molecule has 0 aliphatic heterocycles. The van der Waals surface area contributed by atoms with Gasteiger partial charge in [-0.1, -0.05) is 111 Å². The number of hydrogen-bond acceptors (Lipinski definition) is 4. The summed E-state index contributed by atoms with van der Waals surface area (Å²) < 4.78 is 32.6. The van der Waals surface area contributed by atoms with E-state index in [2.05, 4.69) is 117 Å². The van der Waals surface area contributed by atoms with Crippen molar-refractivity contribution in [3.63, 3.8) is 0 Å². The number of aliphatic hydroxyl groups excluding tert-OH is 1. The van der Waals surface area contributed by atoms with E-state index in [9.17, 15) is 18.7 Å². The summed E-state index contributed by atoms with van der Waals surface area (Å²) in [5.74, 6) is 0.330. The van der Waals surface area contributed by atoms with Crippen molar-refractivity contribution >= 4 is 27.3 Å². The Bertz CT molecular complexity index is 2520. The number of ketones is 1.